The summed E-state index contributed by atoms with van der Waals surface area (Å²) in [5.41, 5.74) is 0.643. The van der Waals surface area contributed by atoms with Crippen molar-refractivity contribution in [1.29, 1.82) is 0 Å². The van der Waals surface area contributed by atoms with Crippen LogP contribution in [0.5, 0.6) is 0 Å². The Labute approximate surface area is 146 Å². The molecule has 1 aromatic carbocycles. The lowest BCUT2D eigenvalue weighted by Gasteiger charge is -2.35. The quantitative estimate of drug-likeness (QED) is 0.508. The summed E-state index contributed by atoms with van der Waals surface area (Å²) in [6.45, 7) is 5.26. The first-order chi connectivity index (χ1) is 10.8. The number of hydrogen-bond acceptors (Lipinski definition) is 3. The number of nitrogens with zero attached hydrogens (tertiary/aromatic N) is 1. The van der Waals surface area contributed by atoms with E-state index in [0.29, 0.717) is 18.2 Å². The summed E-state index contributed by atoms with van der Waals surface area (Å²) < 4.78 is 5.38. The van der Waals surface area contributed by atoms with E-state index < -0.39 is 0 Å². The molecule has 0 spiro atoms. The van der Waals surface area contributed by atoms with Gasteiger partial charge in [-0.05, 0) is 57.3 Å². The summed E-state index contributed by atoms with van der Waals surface area (Å²) in [7, 11) is 0. The van der Waals surface area contributed by atoms with Crippen LogP contribution in [0.25, 0.3) is 0 Å². The van der Waals surface area contributed by atoms with Gasteiger partial charge in [0, 0.05) is 6.04 Å². The highest BCUT2D eigenvalue weighted by Crippen LogP contribution is 2.21. The van der Waals surface area contributed by atoms with Crippen LogP contribution in [0.4, 0.5) is 0 Å². The van der Waals surface area contributed by atoms with Gasteiger partial charge in [-0.25, -0.2) is 4.79 Å². The highest BCUT2D eigenvalue weighted by atomic mass is 35.5. The van der Waals surface area contributed by atoms with Crippen LogP contribution in [0, 0.1) is 0 Å². The molecule has 130 valence electrons. The average Bonchev–Trinajstić information content (AvgIpc) is 2.58. The number of carbonyl (C=O) groups excluding carboxylic acids is 1. The smallest absolute Gasteiger partial charge is 0.338 e. The van der Waals surface area contributed by atoms with Gasteiger partial charge in [-0.15, -0.1) is 12.4 Å². The number of likely N-dealkylation sites (tertiary alicyclic amines) is 1. The molecule has 0 aromatic heterocycles. The molecule has 0 radical (unpaired) electrons. The zero-order valence-corrected chi connectivity index (χ0v) is 15.0. The van der Waals surface area contributed by atoms with Crippen molar-refractivity contribution in [3.05, 3.63) is 35.9 Å². The highest BCUT2D eigenvalue weighted by molar-refractivity contribution is 5.89. The first-order valence-electron chi connectivity index (χ1n) is 8.77. The molecule has 2 rings (SSSR count). The van der Waals surface area contributed by atoms with Gasteiger partial charge in [0.05, 0.1) is 12.2 Å². The number of piperidine rings is 1. The average molecular weight is 340 g/mol. The van der Waals surface area contributed by atoms with Crippen molar-refractivity contribution in [3.8, 4) is 0 Å². The molecule has 1 saturated heterocycles. The fraction of sp³-hybridized carbons (Fsp3) is 0.632. The predicted octanol–water partition coefficient (Wildman–Crippen LogP) is 4.70. The van der Waals surface area contributed by atoms with E-state index >= 15 is 0 Å². The van der Waals surface area contributed by atoms with Crippen LogP contribution in [0.15, 0.2) is 30.3 Å². The number of benzene rings is 1. The fourth-order valence-corrected chi connectivity index (χ4v) is 3.18. The van der Waals surface area contributed by atoms with Gasteiger partial charge in [0.15, 0.2) is 0 Å². The van der Waals surface area contributed by atoms with Crippen LogP contribution in [-0.2, 0) is 4.74 Å². The van der Waals surface area contributed by atoms with Crippen molar-refractivity contribution in [1.82, 2.24) is 4.90 Å². The van der Waals surface area contributed by atoms with Crippen molar-refractivity contribution >= 4 is 18.4 Å². The molecule has 4 heteroatoms. The maximum Gasteiger partial charge on any atom is 0.338 e. The fourth-order valence-electron chi connectivity index (χ4n) is 3.18. The first-order valence-corrected chi connectivity index (χ1v) is 8.77. The molecule has 1 fully saturated rings. The normalized spacial score (nSPS) is 18.2. The summed E-state index contributed by atoms with van der Waals surface area (Å²) >= 11 is 0. The molecule has 1 atom stereocenters. The molecule has 0 N–H and O–H groups in total. The monoisotopic (exact) mass is 339 g/mol. The van der Waals surface area contributed by atoms with Crippen molar-refractivity contribution < 1.29 is 9.53 Å². The van der Waals surface area contributed by atoms with Crippen LogP contribution in [0.2, 0.25) is 0 Å². The molecule has 0 aliphatic carbocycles. The maximum absolute atomic E-state index is 11.9. The van der Waals surface area contributed by atoms with Crippen LogP contribution >= 0.6 is 12.4 Å². The first kappa shape index (κ1) is 20.0. The van der Waals surface area contributed by atoms with Crippen LogP contribution in [0.1, 0.15) is 62.2 Å². The summed E-state index contributed by atoms with van der Waals surface area (Å²) in [6.07, 6.45) is 8.64. The second-order valence-corrected chi connectivity index (χ2v) is 6.18. The summed E-state index contributed by atoms with van der Waals surface area (Å²) in [6, 6.07) is 9.93. The Kier molecular flexibility index (Phi) is 9.97. The van der Waals surface area contributed by atoms with E-state index in [1.54, 1.807) is 12.1 Å². The van der Waals surface area contributed by atoms with Crippen LogP contribution in [0.3, 0.4) is 0 Å². The topological polar surface area (TPSA) is 29.5 Å². The number of halogens is 1. The molecule has 0 saturated carbocycles. The number of unbranched alkanes of at least 4 members (excludes halogenated alkanes) is 1. The Morgan fingerprint density at radius 3 is 2.74 bits per heavy atom. The zero-order valence-electron chi connectivity index (χ0n) is 14.2. The lowest BCUT2D eigenvalue weighted by atomic mass is 9.98. The van der Waals surface area contributed by atoms with Gasteiger partial charge in [-0.2, -0.15) is 0 Å². The van der Waals surface area contributed by atoms with E-state index in [4.69, 9.17) is 4.74 Å². The Bertz CT molecular complexity index is 438. The van der Waals surface area contributed by atoms with Crippen molar-refractivity contribution in [2.45, 2.75) is 57.9 Å². The van der Waals surface area contributed by atoms with E-state index in [0.717, 1.165) is 12.8 Å². The minimum absolute atomic E-state index is 0. The molecule has 0 amide bonds. The van der Waals surface area contributed by atoms with Crippen molar-refractivity contribution in [2.75, 3.05) is 19.7 Å². The molecule has 1 heterocycles. The molecule has 3 nitrogen and oxygen atoms in total. The maximum atomic E-state index is 11.9. The Morgan fingerprint density at radius 2 is 2.00 bits per heavy atom. The molecule has 1 aromatic rings. The second-order valence-electron chi connectivity index (χ2n) is 6.18. The van der Waals surface area contributed by atoms with E-state index in [1.165, 1.54) is 45.2 Å². The lowest BCUT2D eigenvalue weighted by molar-refractivity contribution is 0.0479. The number of carbonyl (C=O) groups is 1. The molecular formula is C19H30ClNO2. The molecular weight excluding hydrogens is 310 g/mol. The molecule has 0 bridgehead atoms. The van der Waals surface area contributed by atoms with Crippen molar-refractivity contribution in [2.24, 2.45) is 0 Å². The van der Waals surface area contributed by atoms with Crippen LogP contribution in [-0.4, -0.2) is 36.6 Å². The molecule has 1 unspecified atom stereocenters. The predicted molar refractivity (Wildman–Crippen MR) is 97.3 cm³/mol. The summed E-state index contributed by atoms with van der Waals surface area (Å²) in [5, 5.41) is 0. The van der Waals surface area contributed by atoms with E-state index in [1.807, 2.05) is 18.2 Å². The summed E-state index contributed by atoms with van der Waals surface area (Å²) in [4.78, 5) is 14.5. The van der Waals surface area contributed by atoms with Crippen molar-refractivity contribution in [3.63, 3.8) is 0 Å². The third kappa shape index (κ3) is 6.92. The Hall–Kier alpha value is -1.06. The van der Waals surface area contributed by atoms with Gasteiger partial charge in [0.2, 0.25) is 0 Å². The van der Waals surface area contributed by atoms with Gasteiger partial charge >= 0.3 is 5.97 Å². The molecule has 1 aliphatic heterocycles. The Balaban J connectivity index is 0.00000264. The second kappa shape index (κ2) is 11.5. The molecule has 1 aliphatic rings. The zero-order chi connectivity index (χ0) is 15.6. The van der Waals surface area contributed by atoms with E-state index in [9.17, 15) is 4.79 Å². The number of rotatable bonds is 8. The SMILES string of the molecule is CCCCN1CCCCC1CCCOC(=O)c1ccccc1.Cl. The highest BCUT2D eigenvalue weighted by Gasteiger charge is 2.21. The minimum Gasteiger partial charge on any atom is -0.462 e. The van der Waals surface area contributed by atoms with Crippen LogP contribution < -0.4 is 0 Å². The van der Waals surface area contributed by atoms with E-state index in [-0.39, 0.29) is 18.4 Å². The van der Waals surface area contributed by atoms with Gasteiger partial charge in [-0.1, -0.05) is 38.0 Å². The van der Waals surface area contributed by atoms with Gasteiger partial charge in [-0.3, -0.25) is 0 Å². The Morgan fingerprint density at radius 1 is 1.22 bits per heavy atom. The number of esters is 1. The third-order valence-electron chi connectivity index (χ3n) is 4.47. The number of hydrogen-bond donors (Lipinski definition) is 0. The third-order valence-corrected chi connectivity index (χ3v) is 4.47. The van der Waals surface area contributed by atoms with Gasteiger partial charge in [0.25, 0.3) is 0 Å². The van der Waals surface area contributed by atoms with Gasteiger partial charge in [0.1, 0.15) is 0 Å². The minimum atomic E-state index is -0.202. The summed E-state index contributed by atoms with van der Waals surface area (Å²) in [5.74, 6) is -0.202. The lowest BCUT2D eigenvalue weighted by Crippen LogP contribution is -2.40. The molecule has 23 heavy (non-hydrogen) atoms. The number of ether oxygens (including phenoxy) is 1. The van der Waals surface area contributed by atoms with Gasteiger partial charge < -0.3 is 9.64 Å². The van der Waals surface area contributed by atoms with E-state index in [2.05, 4.69) is 11.8 Å². The largest absolute Gasteiger partial charge is 0.462 e. The standard InChI is InChI=1S/C19H29NO2.ClH/c1-2-3-14-20-15-8-7-12-18(20)13-9-16-22-19(21)17-10-5-4-6-11-17;/h4-6,10-11,18H,2-3,7-9,12-16H2,1H3;1H.